The van der Waals surface area contributed by atoms with Crippen molar-refractivity contribution in [3.05, 3.63) is 0 Å². The van der Waals surface area contributed by atoms with E-state index in [0.717, 1.165) is 11.7 Å². The molecular weight excluding hydrogens is 172 g/mol. The van der Waals surface area contributed by atoms with Gasteiger partial charge in [0.1, 0.15) is 0 Å². The number of hydrogen-bond donors (Lipinski definition) is 1. The van der Waals surface area contributed by atoms with Crippen LogP contribution in [0.2, 0.25) is 0 Å². The van der Waals surface area contributed by atoms with E-state index >= 15 is 0 Å². The molecule has 0 aromatic carbocycles. The quantitative estimate of drug-likeness (QED) is 0.476. The van der Waals surface area contributed by atoms with Gasteiger partial charge >= 0.3 is 0 Å². The maximum Gasteiger partial charge on any atom is -0.00650 e. The zero-order valence-corrected chi connectivity index (χ0v) is 9.39. The van der Waals surface area contributed by atoms with Crippen LogP contribution < -0.4 is 0 Å². The van der Waals surface area contributed by atoms with Crippen molar-refractivity contribution >= 4 is 24.4 Å². The molecule has 0 aliphatic rings. The summed E-state index contributed by atoms with van der Waals surface area (Å²) in [6, 6.07) is 0. The number of hydrogen-bond acceptors (Lipinski definition) is 2. The molecule has 0 aromatic rings. The highest BCUT2D eigenvalue weighted by atomic mass is 32.2. The van der Waals surface area contributed by atoms with E-state index in [1.165, 1.54) is 30.8 Å². The van der Waals surface area contributed by atoms with Crippen LogP contribution >= 0.6 is 24.4 Å². The molecule has 11 heavy (non-hydrogen) atoms. The first kappa shape index (κ1) is 11.7. The first-order chi connectivity index (χ1) is 5.31. The average molecular weight is 192 g/mol. The minimum atomic E-state index is 0.872. The molecule has 1 atom stereocenters. The van der Waals surface area contributed by atoms with Crippen LogP contribution in [0.3, 0.4) is 0 Å². The molecular formula is C9H20S2. The molecule has 0 N–H and O–H groups in total. The smallest absolute Gasteiger partial charge is 0.00650 e. The summed E-state index contributed by atoms with van der Waals surface area (Å²) in [5.74, 6) is 4.58. The highest BCUT2D eigenvalue weighted by Gasteiger charge is 1.99. The first-order valence-electron chi connectivity index (χ1n) is 4.49. The van der Waals surface area contributed by atoms with Crippen LogP contribution in [-0.2, 0) is 0 Å². The SMILES string of the molecule is CCCSCCC(C)CCS. The van der Waals surface area contributed by atoms with Gasteiger partial charge in [0.05, 0.1) is 0 Å². The molecule has 0 saturated carbocycles. The zero-order chi connectivity index (χ0) is 8.53. The van der Waals surface area contributed by atoms with E-state index in [0.29, 0.717) is 0 Å². The van der Waals surface area contributed by atoms with Crippen LogP contribution in [-0.4, -0.2) is 17.3 Å². The van der Waals surface area contributed by atoms with E-state index in [1.807, 2.05) is 0 Å². The largest absolute Gasteiger partial charge is 0.179 e. The van der Waals surface area contributed by atoms with Crippen LogP contribution in [0.4, 0.5) is 0 Å². The molecule has 2 heteroatoms. The van der Waals surface area contributed by atoms with Gasteiger partial charge in [0.25, 0.3) is 0 Å². The second-order valence-electron chi connectivity index (χ2n) is 3.02. The van der Waals surface area contributed by atoms with Crippen molar-refractivity contribution in [2.75, 3.05) is 17.3 Å². The molecule has 0 fully saturated rings. The minimum Gasteiger partial charge on any atom is -0.179 e. The monoisotopic (exact) mass is 192 g/mol. The van der Waals surface area contributed by atoms with Crippen molar-refractivity contribution in [1.82, 2.24) is 0 Å². The molecule has 0 heterocycles. The molecule has 0 rings (SSSR count). The Morgan fingerprint density at radius 3 is 2.55 bits per heavy atom. The Bertz CT molecular complexity index is 74.0. The van der Waals surface area contributed by atoms with Gasteiger partial charge in [0.2, 0.25) is 0 Å². The van der Waals surface area contributed by atoms with Gasteiger partial charge in [-0.2, -0.15) is 24.4 Å². The summed E-state index contributed by atoms with van der Waals surface area (Å²) in [5, 5.41) is 0. The molecule has 0 saturated heterocycles. The molecule has 0 spiro atoms. The van der Waals surface area contributed by atoms with Gasteiger partial charge < -0.3 is 0 Å². The normalized spacial score (nSPS) is 13.4. The number of rotatable bonds is 7. The fourth-order valence-electron chi connectivity index (χ4n) is 0.896. The second-order valence-corrected chi connectivity index (χ2v) is 4.69. The van der Waals surface area contributed by atoms with E-state index in [9.17, 15) is 0 Å². The van der Waals surface area contributed by atoms with Gasteiger partial charge in [-0.05, 0) is 42.4 Å². The van der Waals surface area contributed by atoms with Crippen molar-refractivity contribution < 1.29 is 0 Å². The van der Waals surface area contributed by atoms with Crippen LogP contribution in [0.25, 0.3) is 0 Å². The lowest BCUT2D eigenvalue weighted by Gasteiger charge is -2.07. The third-order valence-electron chi connectivity index (χ3n) is 1.73. The molecule has 1 unspecified atom stereocenters. The molecule has 0 amide bonds. The van der Waals surface area contributed by atoms with Crippen LogP contribution in [0.15, 0.2) is 0 Å². The third kappa shape index (κ3) is 8.61. The average Bonchev–Trinajstić information content (AvgIpc) is 1.99. The minimum absolute atomic E-state index is 0.872. The number of thioether (sulfide) groups is 1. The Morgan fingerprint density at radius 2 is 2.00 bits per heavy atom. The van der Waals surface area contributed by atoms with Gasteiger partial charge in [0, 0.05) is 0 Å². The molecule has 0 bridgehead atoms. The standard InChI is InChI=1S/C9H20S2/c1-3-7-11-8-5-9(2)4-6-10/h9-10H,3-8H2,1-2H3. The molecule has 0 nitrogen and oxygen atoms in total. The maximum absolute atomic E-state index is 4.22. The van der Waals surface area contributed by atoms with Crippen LogP contribution in [0.5, 0.6) is 0 Å². The second kappa shape index (κ2) is 8.79. The van der Waals surface area contributed by atoms with Gasteiger partial charge in [-0.15, -0.1) is 0 Å². The van der Waals surface area contributed by atoms with E-state index in [2.05, 4.69) is 38.2 Å². The first-order valence-corrected chi connectivity index (χ1v) is 6.28. The highest BCUT2D eigenvalue weighted by Crippen LogP contribution is 2.13. The Kier molecular flexibility index (Phi) is 9.35. The van der Waals surface area contributed by atoms with Crippen molar-refractivity contribution in [3.8, 4) is 0 Å². The van der Waals surface area contributed by atoms with E-state index in [-0.39, 0.29) is 0 Å². The summed E-state index contributed by atoms with van der Waals surface area (Å²) < 4.78 is 0. The van der Waals surface area contributed by atoms with Crippen LogP contribution in [0.1, 0.15) is 33.1 Å². The molecule has 0 aromatic heterocycles. The fraction of sp³-hybridized carbons (Fsp3) is 1.00. The van der Waals surface area contributed by atoms with E-state index in [1.54, 1.807) is 0 Å². The number of thiol groups is 1. The Balaban J connectivity index is 2.97. The summed E-state index contributed by atoms with van der Waals surface area (Å²) in [6.07, 6.45) is 3.95. The summed E-state index contributed by atoms with van der Waals surface area (Å²) >= 11 is 6.30. The fourth-order valence-corrected chi connectivity index (χ4v) is 2.40. The lowest BCUT2D eigenvalue weighted by atomic mass is 10.1. The summed E-state index contributed by atoms with van der Waals surface area (Å²) in [5.41, 5.74) is 0. The molecule has 0 aliphatic heterocycles. The Hall–Kier alpha value is 0.700. The van der Waals surface area contributed by atoms with Gasteiger partial charge in [-0.25, -0.2) is 0 Å². The zero-order valence-electron chi connectivity index (χ0n) is 7.68. The van der Waals surface area contributed by atoms with Gasteiger partial charge in [0.15, 0.2) is 0 Å². The summed E-state index contributed by atoms with van der Waals surface area (Å²) in [7, 11) is 0. The summed E-state index contributed by atoms with van der Waals surface area (Å²) in [4.78, 5) is 0. The van der Waals surface area contributed by atoms with E-state index in [4.69, 9.17) is 0 Å². The summed E-state index contributed by atoms with van der Waals surface area (Å²) in [6.45, 7) is 4.56. The Labute approximate surface area is 80.9 Å². The highest BCUT2D eigenvalue weighted by molar-refractivity contribution is 7.99. The van der Waals surface area contributed by atoms with Crippen molar-refractivity contribution in [2.24, 2.45) is 5.92 Å². The Morgan fingerprint density at radius 1 is 1.27 bits per heavy atom. The molecule has 0 aliphatic carbocycles. The van der Waals surface area contributed by atoms with Crippen molar-refractivity contribution in [1.29, 1.82) is 0 Å². The van der Waals surface area contributed by atoms with Crippen molar-refractivity contribution in [2.45, 2.75) is 33.1 Å². The van der Waals surface area contributed by atoms with E-state index < -0.39 is 0 Å². The van der Waals surface area contributed by atoms with Crippen LogP contribution in [0, 0.1) is 5.92 Å². The maximum atomic E-state index is 4.22. The molecule has 0 radical (unpaired) electrons. The lowest BCUT2D eigenvalue weighted by Crippen LogP contribution is -1.97. The predicted octanol–water partition coefficient (Wildman–Crippen LogP) is 3.48. The van der Waals surface area contributed by atoms with Crippen molar-refractivity contribution in [3.63, 3.8) is 0 Å². The third-order valence-corrected chi connectivity index (χ3v) is 3.20. The van der Waals surface area contributed by atoms with Gasteiger partial charge in [-0.1, -0.05) is 13.8 Å². The predicted molar refractivity (Wildman–Crippen MR) is 59.9 cm³/mol. The van der Waals surface area contributed by atoms with Gasteiger partial charge in [-0.3, -0.25) is 0 Å². The lowest BCUT2D eigenvalue weighted by molar-refractivity contribution is 0.554. The topological polar surface area (TPSA) is 0 Å². The molecule has 68 valence electrons.